The van der Waals surface area contributed by atoms with E-state index in [9.17, 15) is 9.59 Å². The van der Waals surface area contributed by atoms with Gasteiger partial charge in [-0.25, -0.2) is 0 Å². The number of nitrogens with zero attached hydrogens (tertiary/aromatic N) is 4. The Labute approximate surface area is 165 Å². The molecule has 1 atom stereocenters. The molecule has 0 spiro atoms. The third-order valence-corrected chi connectivity index (χ3v) is 5.45. The normalized spacial score (nSPS) is 16.1. The molecule has 0 radical (unpaired) electrons. The maximum absolute atomic E-state index is 13.2. The molecule has 8 heteroatoms. The van der Waals surface area contributed by atoms with Crippen LogP contribution in [0.15, 0.2) is 41.3 Å². The molecule has 0 fully saturated rings. The molecule has 138 valence electrons. The molecular formula is C19H16Cl2N4O2. The van der Waals surface area contributed by atoms with Gasteiger partial charge in [0.1, 0.15) is 5.02 Å². The first-order chi connectivity index (χ1) is 12.8. The van der Waals surface area contributed by atoms with Crippen LogP contribution in [-0.2, 0) is 14.1 Å². The smallest absolute Gasteiger partial charge is 0.280 e. The molecule has 0 unspecified atom stereocenters. The Bertz CT molecular complexity index is 1110. The van der Waals surface area contributed by atoms with Crippen LogP contribution < -0.4 is 10.5 Å². The van der Waals surface area contributed by atoms with Gasteiger partial charge in [0.15, 0.2) is 5.69 Å². The number of amides is 1. The molecular weight excluding hydrogens is 387 g/mol. The Morgan fingerprint density at radius 2 is 1.74 bits per heavy atom. The first kappa shape index (κ1) is 17.8. The van der Waals surface area contributed by atoms with Crippen LogP contribution in [0.1, 0.15) is 33.4 Å². The highest BCUT2D eigenvalue weighted by Gasteiger charge is 2.43. The average molecular weight is 403 g/mol. The molecule has 1 aliphatic rings. The standard InChI is InChI=1S/C19H16Cl2N4O2/c1-10-15-16(22-24(10)3)19(27)25(13-8-14(21)18(26)23(2)9-13)17(15)11-4-6-12(20)7-5-11/h4-9,17H,1-3H3/t17-/m0/s1. The van der Waals surface area contributed by atoms with Gasteiger partial charge < -0.3 is 4.57 Å². The molecule has 0 saturated carbocycles. The highest BCUT2D eigenvalue weighted by atomic mass is 35.5. The third-order valence-electron chi connectivity index (χ3n) is 4.92. The van der Waals surface area contributed by atoms with E-state index in [1.54, 1.807) is 35.0 Å². The number of hydrogen-bond acceptors (Lipinski definition) is 3. The summed E-state index contributed by atoms with van der Waals surface area (Å²) in [6, 6.07) is 8.49. The highest BCUT2D eigenvalue weighted by Crippen LogP contribution is 2.43. The van der Waals surface area contributed by atoms with Crippen LogP contribution in [0, 0.1) is 6.92 Å². The summed E-state index contributed by atoms with van der Waals surface area (Å²) in [5, 5.41) is 5.07. The van der Waals surface area contributed by atoms with Gasteiger partial charge in [0, 0.05) is 36.6 Å². The fourth-order valence-electron chi connectivity index (χ4n) is 3.48. The van der Waals surface area contributed by atoms with Crippen molar-refractivity contribution < 1.29 is 4.79 Å². The lowest BCUT2D eigenvalue weighted by Gasteiger charge is -2.27. The van der Waals surface area contributed by atoms with Gasteiger partial charge in [-0.2, -0.15) is 5.10 Å². The van der Waals surface area contributed by atoms with Gasteiger partial charge >= 0.3 is 0 Å². The highest BCUT2D eigenvalue weighted by molar-refractivity contribution is 6.31. The molecule has 2 aromatic heterocycles. The Hall–Kier alpha value is -2.57. The van der Waals surface area contributed by atoms with E-state index in [0.29, 0.717) is 16.4 Å². The number of halogens is 2. The van der Waals surface area contributed by atoms with Crippen molar-refractivity contribution in [2.24, 2.45) is 14.1 Å². The molecule has 6 nitrogen and oxygen atoms in total. The van der Waals surface area contributed by atoms with Gasteiger partial charge in [-0.1, -0.05) is 35.3 Å². The van der Waals surface area contributed by atoms with Crippen molar-refractivity contribution in [1.29, 1.82) is 0 Å². The monoisotopic (exact) mass is 402 g/mol. The van der Waals surface area contributed by atoms with E-state index in [1.165, 1.54) is 10.6 Å². The summed E-state index contributed by atoms with van der Waals surface area (Å²) in [7, 11) is 3.42. The average Bonchev–Trinajstić information content (AvgIpc) is 3.08. The second kappa shape index (κ2) is 6.25. The van der Waals surface area contributed by atoms with Crippen LogP contribution in [0.2, 0.25) is 10.0 Å². The summed E-state index contributed by atoms with van der Waals surface area (Å²) in [6.45, 7) is 1.93. The number of aryl methyl sites for hydroxylation is 2. The van der Waals surface area contributed by atoms with E-state index in [1.807, 2.05) is 26.1 Å². The van der Waals surface area contributed by atoms with Crippen LogP contribution in [0.3, 0.4) is 0 Å². The molecule has 1 aromatic carbocycles. The number of fused-ring (bicyclic) bond motifs is 1. The van der Waals surface area contributed by atoms with Gasteiger partial charge in [0.05, 0.1) is 11.7 Å². The van der Waals surface area contributed by atoms with E-state index in [4.69, 9.17) is 23.2 Å². The Kier molecular flexibility index (Phi) is 4.13. The summed E-state index contributed by atoms with van der Waals surface area (Å²) in [6.07, 6.45) is 1.61. The largest absolute Gasteiger partial charge is 0.315 e. The lowest BCUT2D eigenvalue weighted by molar-refractivity contribution is 0.0988. The molecule has 1 amide bonds. The Morgan fingerprint density at radius 1 is 1.07 bits per heavy atom. The number of carbonyl (C=O) groups excluding carboxylic acids is 1. The van der Waals surface area contributed by atoms with Crippen LogP contribution in [0.4, 0.5) is 5.69 Å². The van der Waals surface area contributed by atoms with E-state index < -0.39 is 0 Å². The minimum absolute atomic E-state index is 0.0551. The number of rotatable bonds is 2. The van der Waals surface area contributed by atoms with Crippen molar-refractivity contribution in [3.63, 3.8) is 0 Å². The zero-order valence-electron chi connectivity index (χ0n) is 14.9. The quantitative estimate of drug-likeness (QED) is 0.658. The topological polar surface area (TPSA) is 60.1 Å². The van der Waals surface area contributed by atoms with Gasteiger partial charge in [-0.3, -0.25) is 19.2 Å². The molecule has 3 heterocycles. The molecule has 0 saturated heterocycles. The molecule has 4 rings (SSSR count). The van der Waals surface area contributed by atoms with E-state index in [2.05, 4.69) is 5.10 Å². The fourth-order valence-corrected chi connectivity index (χ4v) is 3.85. The lowest BCUT2D eigenvalue weighted by Crippen LogP contribution is -2.31. The minimum Gasteiger partial charge on any atom is -0.315 e. The maximum Gasteiger partial charge on any atom is 0.280 e. The molecule has 0 bridgehead atoms. The lowest BCUT2D eigenvalue weighted by atomic mass is 9.99. The Balaban J connectivity index is 1.96. The summed E-state index contributed by atoms with van der Waals surface area (Å²) in [5.74, 6) is -0.233. The molecule has 0 aliphatic carbocycles. The van der Waals surface area contributed by atoms with Gasteiger partial charge in [0.2, 0.25) is 0 Å². The van der Waals surface area contributed by atoms with E-state index in [-0.39, 0.29) is 22.5 Å². The SMILES string of the molecule is Cc1c2c(nn1C)C(=O)N(c1cc(Cl)c(=O)n(C)c1)[C@H]2c1ccc(Cl)cc1. The molecule has 1 aliphatic heterocycles. The van der Waals surface area contributed by atoms with E-state index in [0.717, 1.165) is 16.8 Å². The minimum atomic E-state index is -0.382. The fraction of sp³-hybridized carbons (Fsp3) is 0.211. The van der Waals surface area contributed by atoms with Crippen molar-refractivity contribution in [2.45, 2.75) is 13.0 Å². The first-order valence-corrected chi connectivity index (χ1v) is 9.04. The van der Waals surface area contributed by atoms with Crippen molar-refractivity contribution in [3.8, 4) is 0 Å². The first-order valence-electron chi connectivity index (χ1n) is 8.28. The van der Waals surface area contributed by atoms with Gasteiger partial charge in [0.25, 0.3) is 11.5 Å². The maximum atomic E-state index is 13.2. The van der Waals surface area contributed by atoms with Crippen molar-refractivity contribution in [1.82, 2.24) is 14.3 Å². The van der Waals surface area contributed by atoms with E-state index >= 15 is 0 Å². The predicted molar refractivity (Wildman–Crippen MR) is 105 cm³/mol. The summed E-state index contributed by atoms with van der Waals surface area (Å²) >= 11 is 12.1. The predicted octanol–water partition coefficient (Wildman–Crippen LogP) is 3.48. The molecule has 3 aromatic rings. The Morgan fingerprint density at radius 3 is 2.37 bits per heavy atom. The summed E-state index contributed by atoms with van der Waals surface area (Å²) < 4.78 is 3.07. The summed E-state index contributed by atoms with van der Waals surface area (Å²) in [5.41, 5.74) is 3.26. The van der Waals surface area contributed by atoms with Crippen molar-refractivity contribution >= 4 is 34.8 Å². The number of anilines is 1. The zero-order valence-corrected chi connectivity index (χ0v) is 16.4. The second-order valence-electron chi connectivity index (χ2n) is 6.56. The molecule has 0 N–H and O–H groups in total. The van der Waals surface area contributed by atoms with Gasteiger partial charge in [-0.15, -0.1) is 0 Å². The van der Waals surface area contributed by atoms with Crippen LogP contribution in [0.25, 0.3) is 0 Å². The number of pyridine rings is 1. The number of carbonyl (C=O) groups is 1. The van der Waals surface area contributed by atoms with Gasteiger partial charge in [-0.05, 0) is 30.7 Å². The second-order valence-corrected chi connectivity index (χ2v) is 7.41. The van der Waals surface area contributed by atoms with Crippen LogP contribution >= 0.6 is 23.2 Å². The molecule has 27 heavy (non-hydrogen) atoms. The van der Waals surface area contributed by atoms with Crippen LogP contribution in [-0.4, -0.2) is 20.3 Å². The number of benzene rings is 1. The number of aromatic nitrogens is 3. The third kappa shape index (κ3) is 2.67. The summed E-state index contributed by atoms with van der Waals surface area (Å²) in [4.78, 5) is 26.8. The zero-order chi connectivity index (χ0) is 19.5. The van der Waals surface area contributed by atoms with Crippen molar-refractivity contribution in [2.75, 3.05) is 4.90 Å². The van der Waals surface area contributed by atoms with Crippen LogP contribution in [0.5, 0.6) is 0 Å². The number of hydrogen-bond donors (Lipinski definition) is 0. The van der Waals surface area contributed by atoms with Crippen molar-refractivity contribution in [3.05, 3.63) is 79.4 Å².